The Morgan fingerprint density at radius 1 is 1.29 bits per heavy atom. The molecule has 1 amide bonds. The molecule has 1 heterocycles. The molecule has 1 aliphatic carbocycles. The van der Waals surface area contributed by atoms with Gasteiger partial charge in [-0.05, 0) is 44.2 Å². The van der Waals surface area contributed by atoms with E-state index in [0.717, 1.165) is 34.9 Å². The molecule has 2 aromatic rings. The number of carbonyl (C=O) groups excluding carboxylic acids is 1. The summed E-state index contributed by atoms with van der Waals surface area (Å²) in [5.74, 6) is 1.07. The normalized spacial score (nSPS) is 14.0. The molecule has 1 aromatic carbocycles. The number of amides is 1. The molecule has 0 saturated heterocycles. The molecular weight excluding hydrogens is 282 g/mol. The molecule has 3 rings (SSSR count). The van der Waals surface area contributed by atoms with Crippen LogP contribution in [0, 0.1) is 6.92 Å². The van der Waals surface area contributed by atoms with Gasteiger partial charge in [0.15, 0.2) is 0 Å². The highest BCUT2D eigenvalue weighted by atomic mass is 32.2. The van der Waals surface area contributed by atoms with E-state index < -0.39 is 0 Å². The monoisotopic (exact) mass is 299 g/mol. The Morgan fingerprint density at radius 3 is 2.76 bits per heavy atom. The van der Waals surface area contributed by atoms with Crippen molar-refractivity contribution in [2.75, 3.05) is 11.6 Å². The van der Waals surface area contributed by atoms with E-state index in [1.807, 2.05) is 37.4 Å². The number of carbonyl (C=O) groups is 1. The van der Waals surface area contributed by atoms with E-state index in [4.69, 9.17) is 0 Å². The van der Waals surface area contributed by atoms with E-state index in [0.29, 0.717) is 11.6 Å². The Bertz CT molecular complexity index is 683. The lowest BCUT2D eigenvalue weighted by molar-refractivity contribution is 0.102. The van der Waals surface area contributed by atoms with Crippen LogP contribution in [0.3, 0.4) is 0 Å². The maximum atomic E-state index is 12.4. The number of aryl methyl sites for hydroxylation is 1. The Kier molecular flexibility index (Phi) is 3.92. The second-order valence-corrected chi connectivity index (χ2v) is 6.03. The van der Waals surface area contributed by atoms with Crippen LogP contribution in [0.25, 0.3) is 0 Å². The highest BCUT2D eigenvalue weighted by Crippen LogP contribution is 2.38. The minimum Gasteiger partial charge on any atom is -0.320 e. The first-order valence-electron chi connectivity index (χ1n) is 6.97. The summed E-state index contributed by atoms with van der Waals surface area (Å²) in [6.45, 7) is 1.90. The lowest BCUT2D eigenvalue weighted by Gasteiger charge is -2.10. The quantitative estimate of drug-likeness (QED) is 0.876. The van der Waals surface area contributed by atoms with Gasteiger partial charge >= 0.3 is 0 Å². The fourth-order valence-electron chi connectivity index (χ4n) is 2.17. The molecule has 0 spiro atoms. The van der Waals surface area contributed by atoms with Crippen molar-refractivity contribution in [3.8, 4) is 0 Å². The highest BCUT2D eigenvalue weighted by molar-refractivity contribution is 7.98. The van der Waals surface area contributed by atoms with Crippen LogP contribution >= 0.6 is 11.8 Å². The first kappa shape index (κ1) is 14.1. The van der Waals surface area contributed by atoms with E-state index in [1.165, 1.54) is 0 Å². The van der Waals surface area contributed by atoms with Gasteiger partial charge in [-0.1, -0.05) is 12.1 Å². The fourth-order valence-corrected chi connectivity index (χ4v) is 2.72. The first-order chi connectivity index (χ1) is 10.2. The van der Waals surface area contributed by atoms with Crippen molar-refractivity contribution in [2.45, 2.75) is 30.6 Å². The van der Waals surface area contributed by atoms with Gasteiger partial charge in [0.1, 0.15) is 11.5 Å². The predicted octanol–water partition coefficient (Wildman–Crippen LogP) is 3.64. The molecule has 1 N–H and O–H groups in total. The fraction of sp³-hybridized carbons (Fsp3) is 0.312. The van der Waals surface area contributed by atoms with Gasteiger partial charge in [-0.2, -0.15) is 0 Å². The number of anilines is 1. The summed E-state index contributed by atoms with van der Waals surface area (Å²) in [7, 11) is 0. The van der Waals surface area contributed by atoms with Crippen molar-refractivity contribution in [3.63, 3.8) is 0 Å². The zero-order chi connectivity index (χ0) is 14.8. The van der Waals surface area contributed by atoms with Crippen LogP contribution in [-0.4, -0.2) is 22.1 Å². The SMILES string of the molecule is CSc1ccccc1NC(=O)c1cc(C)nc(C2CC2)n1. The minimum absolute atomic E-state index is 0.177. The summed E-state index contributed by atoms with van der Waals surface area (Å²) in [5.41, 5.74) is 2.11. The number of rotatable bonds is 4. The second kappa shape index (κ2) is 5.85. The Hall–Kier alpha value is -1.88. The van der Waals surface area contributed by atoms with Crippen LogP contribution < -0.4 is 5.32 Å². The lowest BCUT2D eigenvalue weighted by Crippen LogP contribution is -2.16. The number of nitrogens with zero attached hydrogens (tertiary/aromatic N) is 2. The number of hydrogen-bond donors (Lipinski definition) is 1. The van der Waals surface area contributed by atoms with Crippen LogP contribution in [0.4, 0.5) is 5.69 Å². The number of benzene rings is 1. The maximum Gasteiger partial charge on any atom is 0.274 e. The highest BCUT2D eigenvalue weighted by Gasteiger charge is 2.27. The van der Waals surface area contributed by atoms with Crippen LogP contribution in [0.2, 0.25) is 0 Å². The molecule has 0 aliphatic heterocycles. The van der Waals surface area contributed by atoms with Crippen LogP contribution in [0.5, 0.6) is 0 Å². The van der Waals surface area contributed by atoms with E-state index in [-0.39, 0.29) is 5.91 Å². The predicted molar refractivity (Wildman–Crippen MR) is 84.9 cm³/mol. The standard InChI is InChI=1S/C16H17N3OS/c1-10-9-13(18-15(17-10)11-7-8-11)16(20)19-12-5-3-4-6-14(12)21-2/h3-6,9,11H,7-8H2,1-2H3,(H,19,20). The molecule has 1 fully saturated rings. The van der Waals surface area contributed by atoms with E-state index >= 15 is 0 Å². The van der Waals surface area contributed by atoms with E-state index in [1.54, 1.807) is 17.8 Å². The van der Waals surface area contributed by atoms with Crippen molar-refractivity contribution < 1.29 is 4.79 Å². The summed E-state index contributed by atoms with van der Waals surface area (Å²) < 4.78 is 0. The molecule has 5 heteroatoms. The molecule has 108 valence electrons. The number of aromatic nitrogens is 2. The Morgan fingerprint density at radius 2 is 2.05 bits per heavy atom. The Balaban J connectivity index is 1.85. The third kappa shape index (κ3) is 3.24. The van der Waals surface area contributed by atoms with Crippen molar-refractivity contribution in [1.82, 2.24) is 9.97 Å². The summed E-state index contributed by atoms with van der Waals surface area (Å²) in [6, 6.07) is 9.50. The number of thioether (sulfide) groups is 1. The van der Waals surface area contributed by atoms with Gasteiger partial charge in [-0.3, -0.25) is 4.79 Å². The average Bonchev–Trinajstić information content (AvgIpc) is 3.32. The summed E-state index contributed by atoms with van der Waals surface area (Å²) >= 11 is 1.61. The van der Waals surface area contributed by atoms with Crippen LogP contribution in [-0.2, 0) is 0 Å². The van der Waals surface area contributed by atoms with Gasteiger partial charge in [0, 0.05) is 16.5 Å². The average molecular weight is 299 g/mol. The molecule has 4 nitrogen and oxygen atoms in total. The smallest absolute Gasteiger partial charge is 0.274 e. The maximum absolute atomic E-state index is 12.4. The third-order valence-electron chi connectivity index (χ3n) is 3.40. The molecular formula is C16H17N3OS. The zero-order valence-electron chi connectivity index (χ0n) is 12.1. The third-order valence-corrected chi connectivity index (χ3v) is 4.20. The van der Waals surface area contributed by atoms with Crippen LogP contribution in [0.1, 0.15) is 40.8 Å². The summed E-state index contributed by atoms with van der Waals surface area (Å²) in [5, 5.41) is 2.94. The summed E-state index contributed by atoms with van der Waals surface area (Å²) in [6.07, 6.45) is 4.24. The lowest BCUT2D eigenvalue weighted by atomic mass is 10.2. The molecule has 0 radical (unpaired) electrons. The molecule has 1 saturated carbocycles. The van der Waals surface area contributed by atoms with Crippen molar-refractivity contribution in [3.05, 3.63) is 47.5 Å². The van der Waals surface area contributed by atoms with Gasteiger partial charge in [-0.25, -0.2) is 9.97 Å². The molecule has 0 bridgehead atoms. The zero-order valence-corrected chi connectivity index (χ0v) is 12.9. The minimum atomic E-state index is -0.177. The molecule has 0 atom stereocenters. The number of nitrogens with one attached hydrogen (secondary N) is 1. The van der Waals surface area contributed by atoms with Crippen molar-refractivity contribution >= 4 is 23.4 Å². The molecule has 0 unspecified atom stereocenters. The second-order valence-electron chi connectivity index (χ2n) is 5.18. The van der Waals surface area contributed by atoms with E-state index in [9.17, 15) is 4.79 Å². The van der Waals surface area contributed by atoms with Crippen LogP contribution in [0.15, 0.2) is 35.2 Å². The van der Waals surface area contributed by atoms with Gasteiger partial charge in [0.05, 0.1) is 5.69 Å². The molecule has 21 heavy (non-hydrogen) atoms. The van der Waals surface area contributed by atoms with Crippen molar-refractivity contribution in [1.29, 1.82) is 0 Å². The molecule has 1 aliphatic rings. The largest absolute Gasteiger partial charge is 0.320 e. The van der Waals surface area contributed by atoms with Crippen molar-refractivity contribution in [2.24, 2.45) is 0 Å². The van der Waals surface area contributed by atoms with E-state index in [2.05, 4.69) is 15.3 Å². The Labute approximate surface area is 128 Å². The molecule has 1 aromatic heterocycles. The van der Waals surface area contributed by atoms with Gasteiger partial charge < -0.3 is 5.32 Å². The topological polar surface area (TPSA) is 54.9 Å². The first-order valence-corrected chi connectivity index (χ1v) is 8.20. The summed E-state index contributed by atoms with van der Waals surface area (Å²) in [4.78, 5) is 22.3. The number of para-hydroxylation sites is 1. The van der Waals surface area contributed by atoms with Gasteiger partial charge in [0.2, 0.25) is 0 Å². The van der Waals surface area contributed by atoms with Gasteiger partial charge in [0.25, 0.3) is 5.91 Å². The van der Waals surface area contributed by atoms with Gasteiger partial charge in [-0.15, -0.1) is 11.8 Å². The number of hydrogen-bond acceptors (Lipinski definition) is 4.